The second kappa shape index (κ2) is 5.53. The van der Waals surface area contributed by atoms with E-state index in [1.54, 1.807) is 0 Å². The lowest BCUT2D eigenvalue weighted by molar-refractivity contribution is 0.757. The number of aryl methyl sites for hydroxylation is 1. The summed E-state index contributed by atoms with van der Waals surface area (Å²) in [6.45, 7) is 9.19. The molecule has 1 atom stereocenters. The van der Waals surface area contributed by atoms with Crippen LogP contribution in [0.1, 0.15) is 32.8 Å². The zero-order valence-corrected chi connectivity index (χ0v) is 9.96. The van der Waals surface area contributed by atoms with Gasteiger partial charge >= 0.3 is 0 Å². The van der Waals surface area contributed by atoms with Gasteiger partial charge in [-0.2, -0.15) is 4.98 Å². The minimum Gasteiger partial charge on any atom is -0.367 e. The molecule has 84 valence electrons. The summed E-state index contributed by atoms with van der Waals surface area (Å²) in [7, 11) is 0. The molecule has 0 radical (unpaired) electrons. The number of nitrogens with one attached hydrogen (secondary N) is 2. The molecule has 0 saturated heterocycles. The van der Waals surface area contributed by atoms with E-state index in [0.29, 0.717) is 12.0 Å². The average Bonchev–Trinajstić information content (AvgIpc) is 2.23. The van der Waals surface area contributed by atoms with Gasteiger partial charge in [0.25, 0.3) is 0 Å². The van der Waals surface area contributed by atoms with E-state index >= 15 is 0 Å². The first-order valence-corrected chi connectivity index (χ1v) is 5.51. The van der Waals surface area contributed by atoms with Gasteiger partial charge in [0, 0.05) is 24.3 Å². The van der Waals surface area contributed by atoms with Crippen LogP contribution in [-0.4, -0.2) is 22.6 Å². The molecule has 4 nitrogen and oxygen atoms in total. The molecule has 0 fully saturated rings. The van der Waals surface area contributed by atoms with E-state index in [1.165, 1.54) is 0 Å². The summed E-state index contributed by atoms with van der Waals surface area (Å²) < 4.78 is 0. The predicted octanol–water partition coefficient (Wildman–Crippen LogP) is 2.43. The maximum atomic E-state index is 4.42. The molecule has 0 aliphatic heterocycles. The number of nitrogens with zero attached hydrogens (tertiary/aromatic N) is 2. The van der Waals surface area contributed by atoms with Crippen LogP contribution in [0.3, 0.4) is 0 Å². The first-order valence-electron chi connectivity index (χ1n) is 5.51. The van der Waals surface area contributed by atoms with Gasteiger partial charge in [-0.25, -0.2) is 4.98 Å². The molecule has 0 bridgehead atoms. The zero-order chi connectivity index (χ0) is 11.3. The van der Waals surface area contributed by atoms with Crippen LogP contribution in [0.2, 0.25) is 0 Å². The first-order chi connectivity index (χ1) is 7.17. The molecule has 2 N–H and O–H groups in total. The highest BCUT2D eigenvalue weighted by Gasteiger charge is 2.05. The van der Waals surface area contributed by atoms with Gasteiger partial charge in [-0.3, -0.25) is 0 Å². The van der Waals surface area contributed by atoms with Gasteiger partial charge in [-0.05, 0) is 27.2 Å². The lowest BCUT2D eigenvalue weighted by atomic mass is 10.2. The second-order valence-electron chi connectivity index (χ2n) is 3.71. The monoisotopic (exact) mass is 208 g/mol. The van der Waals surface area contributed by atoms with Crippen LogP contribution in [0, 0.1) is 6.92 Å². The maximum Gasteiger partial charge on any atom is 0.224 e. The van der Waals surface area contributed by atoms with Crippen molar-refractivity contribution in [2.24, 2.45) is 0 Å². The van der Waals surface area contributed by atoms with Crippen LogP contribution in [0.25, 0.3) is 0 Å². The van der Waals surface area contributed by atoms with Gasteiger partial charge in [0.1, 0.15) is 5.82 Å². The summed E-state index contributed by atoms with van der Waals surface area (Å²) in [5.41, 5.74) is 1.08. The fraction of sp³-hybridized carbons (Fsp3) is 0.636. The van der Waals surface area contributed by atoms with Gasteiger partial charge in [0.15, 0.2) is 0 Å². The average molecular weight is 208 g/mol. The Labute approximate surface area is 91.5 Å². The molecule has 1 unspecified atom stereocenters. The fourth-order valence-electron chi connectivity index (χ4n) is 1.17. The minimum atomic E-state index is 0.438. The number of hydrogen-bond acceptors (Lipinski definition) is 4. The van der Waals surface area contributed by atoms with Gasteiger partial charge in [0.05, 0.1) is 0 Å². The standard InChI is InChI=1S/C11H20N4/c1-5-9(4)14-10-8(3)7-13-11(15-10)12-6-2/h7,9H,5-6H2,1-4H3,(H2,12,13,14,15). The van der Waals surface area contributed by atoms with Crippen LogP contribution >= 0.6 is 0 Å². The Kier molecular flexibility index (Phi) is 4.34. The van der Waals surface area contributed by atoms with Crippen molar-refractivity contribution in [2.75, 3.05) is 17.2 Å². The normalized spacial score (nSPS) is 12.3. The van der Waals surface area contributed by atoms with Crippen LogP contribution in [0.15, 0.2) is 6.20 Å². The minimum absolute atomic E-state index is 0.438. The van der Waals surface area contributed by atoms with Crippen molar-refractivity contribution >= 4 is 11.8 Å². The van der Waals surface area contributed by atoms with Crippen LogP contribution < -0.4 is 10.6 Å². The largest absolute Gasteiger partial charge is 0.367 e. The fourth-order valence-corrected chi connectivity index (χ4v) is 1.17. The van der Waals surface area contributed by atoms with E-state index in [2.05, 4.69) is 34.4 Å². The quantitative estimate of drug-likeness (QED) is 0.780. The number of rotatable bonds is 5. The summed E-state index contributed by atoms with van der Waals surface area (Å²) in [6, 6.07) is 0.438. The van der Waals surface area contributed by atoms with Gasteiger partial charge in [-0.1, -0.05) is 6.92 Å². The van der Waals surface area contributed by atoms with Crippen LogP contribution in [0.5, 0.6) is 0 Å². The molecule has 1 rings (SSSR count). The van der Waals surface area contributed by atoms with E-state index in [0.717, 1.165) is 24.3 Å². The molecule has 1 aromatic rings. The Hall–Kier alpha value is -1.32. The summed E-state index contributed by atoms with van der Waals surface area (Å²) in [4.78, 5) is 8.62. The molecule has 0 aliphatic carbocycles. The predicted molar refractivity (Wildman–Crippen MR) is 64.3 cm³/mol. The molecule has 0 spiro atoms. The summed E-state index contributed by atoms with van der Waals surface area (Å²) in [5, 5.41) is 6.47. The van der Waals surface area contributed by atoms with Gasteiger partial charge in [0.2, 0.25) is 5.95 Å². The van der Waals surface area contributed by atoms with Crippen molar-refractivity contribution in [1.29, 1.82) is 0 Å². The van der Waals surface area contributed by atoms with Gasteiger partial charge < -0.3 is 10.6 Å². The Morgan fingerprint density at radius 2 is 2.13 bits per heavy atom. The summed E-state index contributed by atoms with van der Waals surface area (Å²) in [5.74, 6) is 1.62. The van der Waals surface area contributed by atoms with E-state index in [1.807, 2.05) is 20.0 Å². The summed E-state index contributed by atoms with van der Waals surface area (Å²) >= 11 is 0. The lowest BCUT2D eigenvalue weighted by Gasteiger charge is -2.14. The zero-order valence-electron chi connectivity index (χ0n) is 9.96. The molecule has 0 saturated carbocycles. The van der Waals surface area contributed by atoms with Crippen molar-refractivity contribution in [3.63, 3.8) is 0 Å². The molecule has 0 amide bonds. The topological polar surface area (TPSA) is 49.8 Å². The molecular formula is C11H20N4. The molecule has 1 aromatic heterocycles. The van der Waals surface area contributed by atoms with Crippen molar-refractivity contribution in [1.82, 2.24) is 9.97 Å². The molecule has 0 aliphatic rings. The lowest BCUT2D eigenvalue weighted by Crippen LogP contribution is -2.16. The maximum absolute atomic E-state index is 4.42. The highest BCUT2D eigenvalue weighted by atomic mass is 15.1. The van der Waals surface area contributed by atoms with Crippen molar-refractivity contribution < 1.29 is 0 Å². The van der Waals surface area contributed by atoms with E-state index in [-0.39, 0.29) is 0 Å². The molecule has 0 aromatic carbocycles. The number of hydrogen-bond donors (Lipinski definition) is 2. The van der Waals surface area contributed by atoms with E-state index < -0.39 is 0 Å². The Bertz CT molecular complexity index is 311. The second-order valence-corrected chi connectivity index (χ2v) is 3.71. The molecule has 4 heteroatoms. The number of anilines is 2. The molecule has 1 heterocycles. The molecule has 15 heavy (non-hydrogen) atoms. The third-order valence-electron chi connectivity index (χ3n) is 2.30. The SMILES string of the molecule is CCNc1ncc(C)c(NC(C)CC)n1. The smallest absolute Gasteiger partial charge is 0.224 e. The van der Waals surface area contributed by atoms with Crippen molar-refractivity contribution in [2.45, 2.75) is 40.2 Å². The number of aromatic nitrogens is 2. The third-order valence-corrected chi connectivity index (χ3v) is 2.30. The summed E-state index contributed by atoms with van der Waals surface area (Å²) in [6.07, 6.45) is 2.93. The Morgan fingerprint density at radius 3 is 2.73 bits per heavy atom. The van der Waals surface area contributed by atoms with Crippen molar-refractivity contribution in [3.05, 3.63) is 11.8 Å². The molecular weight excluding hydrogens is 188 g/mol. The van der Waals surface area contributed by atoms with E-state index in [4.69, 9.17) is 0 Å². The van der Waals surface area contributed by atoms with E-state index in [9.17, 15) is 0 Å². The van der Waals surface area contributed by atoms with Gasteiger partial charge in [-0.15, -0.1) is 0 Å². The van der Waals surface area contributed by atoms with Crippen LogP contribution in [0.4, 0.5) is 11.8 Å². The van der Waals surface area contributed by atoms with Crippen LogP contribution in [-0.2, 0) is 0 Å². The third kappa shape index (κ3) is 3.38. The first kappa shape index (κ1) is 11.8. The Morgan fingerprint density at radius 1 is 1.40 bits per heavy atom. The van der Waals surface area contributed by atoms with Crippen molar-refractivity contribution in [3.8, 4) is 0 Å². The highest BCUT2D eigenvalue weighted by Crippen LogP contribution is 2.14. The highest BCUT2D eigenvalue weighted by molar-refractivity contribution is 5.46. The Balaban J connectivity index is 2.80.